The van der Waals surface area contributed by atoms with E-state index in [2.05, 4.69) is 31.0 Å². The quantitative estimate of drug-likeness (QED) is 0.0476. The van der Waals surface area contributed by atoms with Gasteiger partial charge in [-0.05, 0) is 25.0 Å². The summed E-state index contributed by atoms with van der Waals surface area (Å²) in [6, 6.07) is 8.79. The molecule has 1 aromatic heterocycles. The van der Waals surface area contributed by atoms with Gasteiger partial charge in [-0.25, -0.2) is 4.79 Å². The number of nitrogens with two attached hydrogens (primary N) is 3. The molecule has 1 saturated carbocycles. The number of anilines is 1. The first-order chi connectivity index (χ1) is 20.7. The lowest BCUT2D eigenvalue weighted by atomic mass is 10.0. The lowest BCUT2D eigenvalue weighted by Crippen LogP contribution is -2.31. The fourth-order valence-corrected chi connectivity index (χ4v) is 4.05. The third kappa shape index (κ3) is 8.21. The third-order valence-corrected chi connectivity index (χ3v) is 6.40. The molecule has 1 fully saturated rings. The van der Waals surface area contributed by atoms with Crippen LogP contribution in [0.25, 0.3) is 16.8 Å². The summed E-state index contributed by atoms with van der Waals surface area (Å²) in [4.78, 5) is 46.4. The van der Waals surface area contributed by atoms with Gasteiger partial charge in [0.2, 0.25) is 5.91 Å². The summed E-state index contributed by atoms with van der Waals surface area (Å²) in [6.07, 6.45) is 6.09. The number of pyridine rings is 1. The minimum Gasteiger partial charge on any atom is -0.494 e. The van der Waals surface area contributed by atoms with Crippen LogP contribution in [0.4, 0.5) is 5.69 Å². The Morgan fingerprint density at radius 1 is 1.23 bits per heavy atom. The van der Waals surface area contributed by atoms with Crippen LogP contribution in [0.2, 0.25) is 0 Å². The molecule has 43 heavy (non-hydrogen) atoms. The molecule has 0 radical (unpaired) electrons. The molecule has 0 saturated heterocycles. The van der Waals surface area contributed by atoms with E-state index in [1.807, 2.05) is 12.0 Å². The maximum absolute atomic E-state index is 12.4. The number of hydrazone groups is 1. The summed E-state index contributed by atoms with van der Waals surface area (Å²) in [5.74, 6) is 6.97. The number of para-hydroxylation sites is 1. The van der Waals surface area contributed by atoms with E-state index in [1.165, 1.54) is 26.4 Å². The number of hydrogen-bond donors (Lipinski definition) is 6. The molecule has 2 aromatic rings. The fourth-order valence-electron chi connectivity index (χ4n) is 4.05. The molecule has 0 unspecified atom stereocenters. The van der Waals surface area contributed by atoms with Crippen LogP contribution in [0.15, 0.2) is 69.9 Å². The zero-order chi connectivity index (χ0) is 31.5. The van der Waals surface area contributed by atoms with Crippen LogP contribution in [0.1, 0.15) is 18.5 Å². The van der Waals surface area contributed by atoms with Gasteiger partial charge in [-0.3, -0.25) is 19.6 Å². The topological polar surface area (TPSA) is 215 Å². The van der Waals surface area contributed by atoms with Crippen molar-refractivity contribution in [3.63, 3.8) is 0 Å². The Morgan fingerprint density at radius 3 is 2.53 bits per heavy atom. The summed E-state index contributed by atoms with van der Waals surface area (Å²) in [7, 11) is 6.22. The number of hydrogen-bond acceptors (Lipinski definition) is 12. The number of aromatic nitrogens is 1. The van der Waals surface area contributed by atoms with Crippen molar-refractivity contribution in [3.8, 4) is 16.9 Å². The number of ether oxygens (including phenoxy) is 1. The normalized spacial score (nSPS) is 14.0. The van der Waals surface area contributed by atoms with Crippen LogP contribution in [0, 0.1) is 5.92 Å². The van der Waals surface area contributed by atoms with Crippen molar-refractivity contribution in [3.05, 3.63) is 65.5 Å². The molecule has 14 nitrogen and oxygen atoms in total. The number of rotatable bonds is 13. The number of allylic oxidation sites excluding steroid dienone is 1. The van der Waals surface area contributed by atoms with Crippen molar-refractivity contribution < 1.29 is 19.1 Å². The van der Waals surface area contributed by atoms with Crippen LogP contribution in [0.5, 0.6) is 5.75 Å². The zero-order valence-corrected chi connectivity index (χ0v) is 24.5. The number of amides is 2. The number of aliphatic imine (C=N–C) groups is 1. The molecule has 226 valence electrons. The molecular weight excluding hydrogens is 552 g/mol. The van der Waals surface area contributed by atoms with Crippen molar-refractivity contribution in [2.24, 2.45) is 33.3 Å². The third-order valence-electron chi connectivity index (χ3n) is 6.40. The average molecular weight is 589 g/mol. The van der Waals surface area contributed by atoms with Crippen molar-refractivity contribution in [2.75, 3.05) is 40.1 Å². The molecule has 1 aliphatic carbocycles. The summed E-state index contributed by atoms with van der Waals surface area (Å²) in [5, 5.41) is 11.9. The lowest BCUT2D eigenvalue weighted by molar-refractivity contribution is -0.121. The van der Waals surface area contributed by atoms with Crippen LogP contribution in [0.3, 0.4) is 0 Å². The monoisotopic (exact) mass is 588 g/mol. The van der Waals surface area contributed by atoms with Gasteiger partial charge < -0.3 is 42.9 Å². The second-order valence-corrected chi connectivity index (χ2v) is 9.53. The lowest BCUT2D eigenvalue weighted by Gasteiger charge is -2.19. The summed E-state index contributed by atoms with van der Waals surface area (Å²) in [5.41, 5.74) is 15.0. The standard InChI is InChI=1S/C29H36N10O4/c1-33-14-19(38-32)15-39(3)24(16-40)21-11-10-18(13-35-21)20-6-5-7-22(27(20)43-4)36-23(26(31)29(42)34-2)12-25(30)37-28(41)17-8-9-17/h5-7,10-14,17,36H,8-9,15,30-32H2,1-4H3,(H,34,42)(H,37,41)/b25-12+,26-23+,33-14?,38-19+. The molecule has 0 spiro atoms. The second kappa shape index (κ2) is 14.8. The van der Waals surface area contributed by atoms with Gasteiger partial charge in [0, 0.05) is 56.7 Å². The van der Waals surface area contributed by atoms with Crippen molar-refractivity contribution in [1.29, 1.82) is 0 Å². The maximum Gasteiger partial charge on any atom is 0.269 e. The summed E-state index contributed by atoms with van der Waals surface area (Å²) >= 11 is 0. The highest BCUT2D eigenvalue weighted by Gasteiger charge is 2.29. The molecule has 0 bridgehead atoms. The molecular formula is C29H36N10O4. The van der Waals surface area contributed by atoms with Gasteiger partial charge in [-0.2, -0.15) is 5.10 Å². The molecule has 0 atom stereocenters. The van der Waals surface area contributed by atoms with Crippen LogP contribution >= 0.6 is 0 Å². The van der Waals surface area contributed by atoms with E-state index >= 15 is 0 Å². The number of carbonyl (C=O) groups is 2. The van der Waals surface area contributed by atoms with E-state index < -0.39 is 5.91 Å². The first-order valence-electron chi connectivity index (χ1n) is 13.2. The molecule has 14 heteroatoms. The van der Waals surface area contributed by atoms with Crippen LogP contribution < -0.4 is 38.0 Å². The molecule has 1 aromatic carbocycles. The minimum atomic E-state index is -0.550. The van der Waals surface area contributed by atoms with Crippen molar-refractivity contribution in [1.82, 2.24) is 20.5 Å². The largest absolute Gasteiger partial charge is 0.494 e. The Hall–Kier alpha value is -5.62. The van der Waals surface area contributed by atoms with E-state index in [4.69, 9.17) is 22.0 Å². The predicted octanol–water partition coefficient (Wildman–Crippen LogP) is 0.531. The Labute approximate surface area is 249 Å². The Kier molecular flexibility index (Phi) is 11.0. The van der Waals surface area contributed by atoms with Crippen molar-refractivity contribution in [2.45, 2.75) is 12.8 Å². The maximum atomic E-state index is 12.4. The predicted molar refractivity (Wildman–Crippen MR) is 166 cm³/mol. The Morgan fingerprint density at radius 2 is 1.98 bits per heavy atom. The Bertz CT molecular complexity index is 1520. The number of carbonyl (C=O) groups excluding carboxylic acids is 3. The van der Waals surface area contributed by atoms with E-state index in [0.717, 1.165) is 12.8 Å². The fraction of sp³-hybridized carbons (Fsp3) is 0.276. The molecule has 0 aliphatic heterocycles. The van der Waals surface area contributed by atoms with Gasteiger partial charge >= 0.3 is 0 Å². The number of benzene rings is 1. The van der Waals surface area contributed by atoms with Gasteiger partial charge in [0.05, 0.1) is 36.4 Å². The second-order valence-electron chi connectivity index (χ2n) is 9.53. The van der Waals surface area contributed by atoms with Crippen LogP contribution in [-0.4, -0.2) is 74.4 Å². The molecule has 1 heterocycles. The average Bonchev–Trinajstić information content (AvgIpc) is 3.86. The first kappa shape index (κ1) is 31.9. The van der Waals surface area contributed by atoms with Crippen LogP contribution in [-0.2, 0) is 14.4 Å². The zero-order valence-electron chi connectivity index (χ0n) is 24.5. The molecule has 2 amide bonds. The highest BCUT2D eigenvalue weighted by atomic mass is 16.5. The number of nitrogens with zero attached hydrogens (tertiary/aromatic N) is 4. The van der Waals surface area contributed by atoms with Gasteiger partial charge in [-0.1, -0.05) is 18.2 Å². The van der Waals surface area contributed by atoms with Gasteiger partial charge in [-0.15, -0.1) is 0 Å². The SMILES string of the molecule is CN=C/C(CN(C)C(=C=O)c1ccc(-c2cccc(NC(/C=C(\N)NC(=O)C3CC3)=C(/N)C(=O)NC)c2OC)cn1)=N\N. The van der Waals surface area contributed by atoms with E-state index in [0.29, 0.717) is 34.0 Å². The van der Waals surface area contributed by atoms with Gasteiger partial charge in [0.25, 0.3) is 5.91 Å². The number of methoxy groups -OCH3 is 1. The van der Waals surface area contributed by atoms with E-state index in [-0.39, 0.29) is 41.3 Å². The highest BCUT2D eigenvalue weighted by molar-refractivity contribution is 6.31. The van der Waals surface area contributed by atoms with E-state index in [9.17, 15) is 14.4 Å². The Balaban J connectivity index is 1.93. The highest BCUT2D eigenvalue weighted by Crippen LogP contribution is 2.37. The molecule has 1 aliphatic rings. The summed E-state index contributed by atoms with van der Waals surface area (Å²) in [6.45, 7) is 0.224. The first-order valence-corrected chi connectivity index (χ1v) is 13.2. The molecule has 9 N–H and O–H groups in total. The number of likely N-dealkylation sites (N-methyl/N-ethyl adjacent to an activating group) is 1. The van der Waals surface area contributed by atoms with E-state index in [1.54, 1.807) is 49.5 Å². The minimum absolute atomic E-state index is 0.0250. The smallest absolute Gasteiger partial charge is 0.269 e. The van der Waals surface area contributed by atoms with Crippen molar-refractivity contribution >= 4 is 41.1 Å². The summed E-state index contributed by atoms with van der Waals surface area (Å²) < 4.78 is 5.73. The number of nitrogens with one attached hydrogen (secondary N) is 3. The van der Waals surface area contributed by atoms with Gasteiger partial charge in [0.15, 0.2) is 5.94 Å². The molecule has 3 rings (SSSR count). The van der Waals surface area contributed by atoms with Gasteiger partial charge in [0.1, 0.15) is 23.0 Å².